The lowest BCUT2D eigenvalue weighted by molar-refractivity contribution is -0.139. The highest BCUT2D eigenvalue weighted by Crippen LogP contribution is 2.35. The first-order valence-corrected chi connectivity index (χ1v) is 10.2. The quantitative estimate of drug-likeness (QED) is 0.485. The van der Waals surface area contributed by atoms with Gasteiger partial charge in [-0.25, -0.2) is 4.79 Å². The lowest BCUT2D eigenvalue weighted by Crippen LogP contribution is -2.45. The van der Waals surface area contributed by atoms with Gasteiger partial charge in [0.05, 0.1) is 25.3 Å². The van der Waals surface area contributed by atoms with Gasteiger partial charge in [-0.2, -0.15) is 0 Å². The number of allylic oxidation sites excluding steroid dienone is 1. The third-order valence-corrected chi connectivity index (χ3v) is 5.06. The number of ether oxygens (including phenoxy) is 3. The van der Waals surface area contributed by atoms with Crippen LogP contribution in [0.3, 0.4) is 0 Å². The standard InChI is InChI=1S/C22H23ClN2O4S/c1-4-28-21(26)19-13(2)24-22(30)25-20(19)15-7-10-17(18(11-15)27-3)29-12-14-5-8-16(23)9-6-14/h5-11,20H,4,12H2,1-3H3,(H2,24,25,30). The highest BCUT2D eigenvalue weighted by atomic mass is 35.5. The van der Waals surface area contributed by atoms with E-state index < -0.39 is 12.0 Å². The van der Waals surface area contributed by atoms with Crippen LogP contribution >= 0.6 is 23.8 Å². The Morgan fingerprint density at radius 2 is 1.90 bits per heavy atom. The molecule has 8 heteroatoms. The van der Waals surface area contributed by atoms with Crippen LogP contribution < -0.4 is 20.1 Å². The van der Waals surface area contributed by atoms with Gasteiger partial charge in [0.1, 0.15) is 6.61 Å². The van der Waals surface area contributed by atoms with E-state index in [9.17, 15) is 4.79 Å². The van der Waals surface area contributed by atoms with Gasteiger partial charge in [0.25, 0.3) is 0 Å². The Kier molecular flexibility index (Phi) is 7.18. The molecule has 1 heterocycles. The Morgan fingerprint density at radius 3 is 2.57 bits per heavy atom. The smallest absolute Gasteiger partial charge is 0.338 e. The second kappa shape index (κ2) is 9.82. The normalized spacial score (nSPS) is 15.9. The third kappa shape index (κ3) is 5.04. The van der Waals surface area contributed by atoms with E-state index in [-0.39, 0.29) is 6.61 Å². The van der Waals surface area contributed by atoms with E-state index in [2.05, 4.69) is 10.6 Å². The topological polar surface area (TPSA) is 68.8 Å². The van der Waals surface area contributed by atoms with Crippen molar-refractivity contribution in [1.82, 2.24) is 10.6 Å². The fraction of sp³-hybridized carbons (Fsp3) is 0.273. The van der Waals surface area contributed by atoms with Gasteiger partial charge in [-0.15, -0.1) is 0 Å². The van der Waals surface area contributed by atoms with Gasteiger partial charge in [-0.1, -0.05) is 29.8 Å². The van der Waals surface area contributed by atoms with E-state index in [1.54, 1.807) is 21.0 Å². The monoisotopic (exact) mass is 446 g/mol. The van der Waals surface area contributed by atoms with Crippen molar-refractivity contribution in [3.05, 3.63) is 69.9 Å². The van der Waals surface area contributed by atoms with E-state index in [1.807, 2.05) is 42.5 Å². The molecular weight excluding hydrogens is 424 g/mol. The van der Waals surface area contributed by atoms with Crippen molar-refractivity contribution < 1.29 is 19.0 Å². The van der Waals surface area contributed by atoms with Gasteiger partial charge in [-0.3, -0.25) is 0 Å². The van der Waals surface area contributed by atoms with Crippen LogP contribution in [0.2, 0.25) is 5.02 Å². The first-order valence-electron chi connectivity index (χ1n) is 9.43. The molecule has 0 aromatic heterocycles. The minimum atomic E-state index is -0.461. The molecule has 0 fully saturated rings. The molecule has 1 aliphatic rings. The number of methoxy groups -OCH3 is 1. The number of carbonyl (C=O) groups excluding carboxylic acids is 1. The maximum atomic E-state index is 12.5. The van der Waals surface area contributed by atoms with Crippen molar-refractivity contribution in [3.63, 3.8) is 0 Å². The fourth-order valence-electron chi connectivity index (χ4n) is 3.15. The molecule has 2 aromatic rings. The molecule has 1 atom stereocenters. The summed E-state index contributed by atoms with van der Waals surface area (Å²) < 4.78 is 16.7. The number of nitrogens with one attached hydrogen (secondary N) is 2. The molecule has 2 aromatic carbocycles. The van der Waals surface area contributed by atoms with Gasteiger partial charge in [-0.05, 0) is 61.5 Å². The molecule has 0 aliphatic carbocycles. The summed E-state index contributed by atoms with van der Waals surface area (Å²) in [7, 11) is 1.57. The molecule has 6 nitrogen and oxygen atoms in total. The van der Waals surface area contributed by atoms with Gasteiger partial charge in [0, 0.05) is 10.7 Å². The molecule has 1 aliphatic heterocycles. The van der Waals surface area contributed by atoms with E-state index in [0.29, 0.717) is 39.5 Å². The number of hydrogen-bond donors (Lipinski definition) is 2. The first kappa shape index (κ1) is 21.9. The summed E-state index contributed by atoms with van der Waals surface area (Å²) in [6.45, 7) is 4.23. The lowest BCUT2D eigenvalue weighted by atomic mass is 9.95. The molecular formula is C22H23ClN2O4S. The van der Waals surface area contributed by atoms with Crippen molar-refractivity contribution in [3.8, 4) is 11.5 Å². The summed E-state index contributed by atoms with van der Waals surface area (Å²) in [6, 6.07) is 12.5. The maximum absolute atomic E-state index is 12.5. The van der Waals surface area contributed by atoms with E-state index in [1.165, 1.54) is 0 Å². The highest BCUT2D eigenvalue weighted by molar-refractivity contribution is 7.80. The summed E-state index contributed by atoms with van der Waals surface area (Å²) in [5.74, 6) is 0.740. The van der Waals surface area contributed by atoms with Crippen molar-refractivity contribution in [2.45, 2.75) is 26.5 Å². The third-order valence-electron chi connectivity index (χ3n) is 4.59. The fourth-order valence-corrected chi connectivity index (χ4v) is 3.54. The Labute approximate surface area is 186 Å². The summed E-state index contributed by atoms with van der Waals surface area (Å²) in [6.07, 6.45) is 0. The average Bonchev–Trinajstić information content (AvgIpc) is 2.72. The molecule has 0 spiro atoms. The average molecular weight is 447 g/mol. The van der Waals surface area contributed by atoms with Crippen LogP contribution in [0.5, 0.6) is 11.5 Å². The Morgan fingerprint density at radius 1 is 1.17 bits per heavy atom. The minimum absolute atomic E-state index is 0.285. The number of benzene rings is 2. The number of rotatable bonds is 7. The van der Waals surface area contributed by atoms with Gasteiger partial charge in [0.15, 0.2) is 16.6 Å². The number of halogens is 1. The summed E-state index contributed by atoms with van der Waals surface area (Å²) >= 11 is 11.2. The molecule has 1 unspecified atom stereocenters. The number of hydrogen-bond acceptors (Lipinski definition) is 5. The zero-order valence-electron chi connectivity index (χ0n) is 17.0. The number of esters is 1. The van der Waals surface area contributed by atoms with Gasteiger partial charge in [0.2, 0.25) is 0 Å². The predicted octanol–water partition coefficient (Wildman–Crippen LogP) is 4.28. The van der Waals surface area contributed by atoms with Crippen LogP contribution in [0.1, 0.15) is 31.0 Å². The largest absolute Gasteiger partial charge is 0.493 e. The highest BCUT2D eigenvalue weighted by Gasteiger charge is 2.31. The lowest BCUT2D eigenvalue weighted by Gasteiger charge is -2.30. The van der Waals surface area contributed by atoms with Crippen LogP contribution in [-0.4, -0.2) is 24.8 Å². The summed E-state index contributed by atoms with van der Waals surface area (Å²) in [5, 5.41) is 7.24. The second-order valence-corrected chi connectivity index (χ2v) is 7.46. The summed E-state index contributed by atoms with van der Waals surface area (Å²) in [5.41, 5.74) is 2.92. The van der Waals surface area contributed by atoms with Crippen LogP contribution in [0.4, 0.5) is 0 Å². The SMILES string of the molecule is CCOC(=O)C1=C(C)NC(=S)NC1c1ccc(OCc2ccc(Cl)cc2)c(OC)c1. The molecule has 0 saturated heterocycles. The van der Waals surface area contributed by atoms with Gasteiger partial charge >= 0.3 is 5.97 Å². The zero-order valence-corrected chi connectivity index (χ0v) is 18.5. The Hall–Kier alpha value is -2.77. The molecule has 0 saturated carbocycles. The van der Waals surface area contributed by atoms with Crippen molar-refractivity contribution in [2.75, 3.05) is 13.7 Å². The molecule has 0 amide bonds. The molecule has 0 radical (unpaired) electrons. The number of carbonyl (C=O) groups is 1. The van der Waals surface area contributed by atoms with Crippen LogP contribution in [0.25, 0.3) is 0 Å². The van der Waals surface area contributed by atoms with Crippen molar-refractivity contribution in [2.24, 2.45) is 0 Å². The predicted molar refractivity (Wildman–Crippen MR) is 120 cm³/mol. The molecule has 158 valence electrons. The van der Waals surface area contributed by atoms with E-state index in [4.69, 9.17) is 38.0 Å². The van der Waals surface area contributed by atoms with Crippen LogP contribution in [-0.2, 0) is 16.1 Å². The number of thiocarbonyl (C=S) groups is 1. The summed E-state index contributed by atoms with van der Waals surface area (Å²) in [4.78, 5) is 12.5. The van der Waals surface area contributed by atoms with E-state index in [0.717, 1.165) is 11.1 Å². The Bertz CT molecular complexity index is 976. The second-order valence-electron chi connectivity index (χ2n) is 6.62. The molecule has 2 N–H and O–H groups in total. The minimum Gasteiger partial charge on any atom is -0.493 e. The molecule has 0 bridgehead atoms. The molecule has 30 heavy (non-hydrogen) atoms. The van der Waals surface area contributed by atoms with Crippen LogP contribution in [0.15, 0.2) is 53.7 Å². The van der Waals surface area contributed by atoms with Crippen LogP contribution in [0, 0.1) is 0 Å². The maximum Gasteiger partial charge on any atom is 0.338 e. The van der Waals surface area contributed by atoms with Crippen molar-refractivity contribution in [1.29, 1.82) is 0 Å². The van der Waals surface area contributed by atoms with E-state index >= 15 is 0 Å². The zero-order chi connectivity index (χ0) is 21.7. The first-order chi connectivity index (χ1) is 14.4. The van der Waals surface area contributed by atoms with Crippen molar-refractivity contribution >= 4 is 34.9 Å². The Balaban J connectivity index is 1.86. The van der Waals surface area contributed by atoms with Gasteiger partial charge < -0.3 is 24.8 Å². The molecule has 3 rings (SSSR count).